The van der Waals surface area contributed by atoms with Crippen LogP contribution in [0.5, 0.6) is 0 Å². The molecule has 45 heavy (non-hydrogen) atoms. The van der Waals surface area contributed by atoms with Gasteiger partial charge in [-0.2, -0.15) is 9.97 Å². The Bertz CT molecular complexity index is 2700. The topological polar surface area (TPSA) is 56.7 Å². The van der Waals surface area contributed by atoms with Gasteiger partial charge in [-0.1, -0.05) is 103 Å². The largest absolute Gasteiger partial charge is 0.456 e. The van der Waals surface area contributed by atoms with Crippen molar-refractivity contribution in [3.63, 3.8) is 0 Å². The molecule has 0 fully saturated rings. The first-order chi connectivity index (χ1) is 22.3. The van der Waals surface area contributed by atoms with Gasteiger partial charge in [0.2, 0.25) is 5.95 Å². The van der Waals surface area contributed by atoms with Gasteiger partial charge in [0.15, 0.2) is 11.6 Å². The quantitative estimate of drug-likeness (QED) is 0.204. The summed E-state index contributed by atoms with van der Waals surface area (Å²) in [5.41, 5.74) is 5.84. The molecular weight excluding hydrogens is 573 g/mol. The Morgan fingerprint density at radius 3 is 1.78 bits per heavy atom. The molecule has 0 spiro atoms. The number of furan rings is 1. The molecule has 0 N–H and O–H groups in total. The molecule has 6 heteroatoms. The number of hydrogen-bond acceptors (Lipinski definition) is 5. The summed E-state index contributed by atoms with van der Waals surface area (Å²) in [5.74, 6) is 1.88. The van der Waals surface area contributed by atoms with Crippen LogP contribution >= 0.6 is 11.3 Å². The average molecular weight is 595 g/mol. The van der Waals surface area contributed by atoms with Crippen LogP contribution in [0.1, 0.15) is 0 Å². The van der Waals surface area contributed by atoms with E-state index in [0.29, 0.717) is 17.6 Å². The number of benzene rings is 6. The first-order valence-corrected chi connectivity index (χ1v) is 15.7. The molecule has 4 aromatic heterocycles. The summed E-state index contributed by atoms with van der Waals surface area (Å²) in [6.07, 6.45) is 0. The van der Waals surface area contributed by atoms with Gasteiger partial charge in [-0.25, -0.2) is 4.98 Å². The first-order valence-electron chi connectivity index (χ1n) is 14.9. The second-order valence-corrected chi connectivity index (χ2v) is 12.2. The summed E-state index contributed by atoms with van der Waals surface area (Å²) in [7, 11) is 0. The van der Waals surface area contributed by atoms with Crippen molar-refractivity contribution in [3.8, 4) is 28.7 Å². The smallest absolute Gasteiger partial charge is 0.238 e. The fourth-order valence-electron chi connectivity index (χ4n) is 6.67. The van der Waals surface area contributed by atoms with Crippen LogP contribution in [0.4, 0.5) is 0 Å². The van der Waals surface area contributed by atoms with Crippen LogP contribution in [0.2, 0.25) is 0 Å². The predicted octanol–water partition coefficient (Wildman–Crippen LogP) is 10.6. The lowest BCUT2D eigenvalue weighted by Crippen LogP contribution is -2.06. The van der Waals surface area contributed by atoms with Crippen molar-refractivity contribution in [2.45, 2.75) is 0 Å². The van der Waals surface area contributed by atoms with Crippen LogP contribution < -0.4 is 0 Å². The number of thiophene rings is 1. The van der Waals surface area contributed by atoms with E-state index in [2.05, 4.69) is 65.2 Å². The summed E-state index contributed by atoms with van der Waals surface area (Å²) < 4.78 is 10.9. The molecule has 5 nitrogen and oxygen atoms in total. The van der Waals surface area contributed by atoms with Gasteiger partial charge in [-0.05, 0) is 30.3 Å². The molecule has 6 aromatic carbocycles. The van der Waals surface area contributed by atoms with Crippen molar-refractivity contribution < 1.29 is 4.42 Å². The highest BCUT2D eigenvalue weighted by atomic mass is 32.1. The van der Waals surface area contributed by atoms with Crippen molar-refractivity contribution in [2.75, 3.05) is 0 Å². The van der Waals surface area contributed by atoms with Gasteiger partial charge >= 0.3 is 0 Å². The maximum Gasteiger partial charge on any atom is 0.238 e. The minimum atomic E-state index is 0.595. The Labute approximate surface area is 260 Å². The molecule has 0 aliphatic heterocycles. The molecule has 0 saturated carbocycles. The monoisotopic (exact) mass is 594 g/mol. The summed E-state index contributed by atoms with van der Waals surface area (Å²) in [6.45, 7) is 0. The van der Waals surface area contributed by atoms with Crippen molar-refractivity contribution in [1.29, 1.82) is 0 Å². The lowest BCUT2D eigenvalue weighted by Gasteiger charge is -2.10. The molecule has 0 amide bonds. The maximum atomic E-state index is 6.25. The van der Waals surface area contributed by atoms with Crippen LogP contribution in [-0.2, 0) is 0 Å². The van der Waals surface area contributed by atoms with Gasteiger partial charge in [0.25, 0.3) is 0 Å². The van der Waals surface area contributed by atoms with Gasteiger partial charge in [0.05, 0.1) is 11.0 Å². The van der Waals surface area contributed by atoms with E-state index in [9.17, 15) is 0 Å². The Hall–Kier alpha value is -5.85. The summed E-state index contributed by atoms with van der Waals surface area (Å²) in [6, 6.07) is 45.9. The van der Waals surface area contributed by atoms with Gasteiger partial charge in [0, 0.05) is 52.8 Å². The fraction of sp³-hybridized carbons (Fsp3) is 0. The van der Waals surface area contributed by atoms with E-state index in [0.717, 1.165) is 38.7 Å². The van der Waals surface area contributed by atoms with Crippen molar-refractivity contribution >= 4 is 75.3 Å². The van der Waals surface area contributed by atoms with Crippen molar-refractivity contribution in [3.05, 3.63) is 133 Å². The van der Waals surface area contributed by atoms with Crippen LogP contribution in [0.3, 0.4) is 0 Å². The zero-order valence-electron chi connectivity index (χ0n) is 23.8. The maximum absolute atomic E-state index is 6.25. The first kappa shape index (κ1) is 24.6. The number of fused-ring (bicyclic) bond motifs is 11. The molecule has 210 valence electrons. The number of rotatable bonds is 3. The Morgan fingerprint density at radius 2 is 1.04 bits per heavy atom. The lowest BCUT2D eigenvalue weighted by molar-refractivity contribution is 0.669. The SMILES string of the molecule is c1ccc(-c2nc(-c3ccccc3)nc(-n3c4ccccc4c4c5sc6c(ccc7oc8ccccc8c76)c5ccc43)n2)cc1. The molecule has 0 aliphatic rings. The molecule has 10 rings (SSSR count). The van der Waals surface area contributed by atoms with Gasteiger partial charge in [-0.15, -0.1) is 11.3 Å². The summed E-state index contributed by atoms with van der Waals surface area (Å²) in [4.78, 5) is 15.1. The third-order valence-electron chi connectivity index (χ3n) is 8.67. The van der Waals surface area contributed by atoms with Crippen molar-refractivity contribution in [2.24, 2.45) is 0 Å². The minimum absolute atomic E-state index is 0.595. The number of hydrogen-bond donors (Lipinski definition) is 0. The Kier molecular flexibility index (Phi) is 5.09. The normalized spacial score (nSPS) is 12.0. The zero-order chi connectivity index (χ0) is 29.5. The molecule has 0 atom stereocenters. The molecular formula is C39H22N4OS. The highest BCUT2D eigenvalue weighted by Crippen LogP contribution is 2.46. The number of para-hydroxylation sites is 2. The summed E-state index contributed by atoms with van der Waals surface area (Å²) >= 11 is 1.84. The van der Waals surface area contributed by atoms with E-state index in [1.165, 1.54) is 36.3 Å². The molecule has 0 unspecified atom stereocenters. The van der Waals surface area contributed by atoms with E-state index in [1.807, 2.05) is 84.1 Å². The van der Waals surface area contributed by atoms with Gasteiger partial charge < -0.3 is 4.42 Å². The Balaban J connectivity index is 1.31. The van der Waals surface area contributed by atoms with E-state index < -0.39 is 0 Å². The highest BCUT2D eigenvalue weighted by Gasteiger charge is 2.22. The molecule has 10 aromatic rings. The van der Waals surface area contributed by atoms with Gasteiger partial charge in [0.1, 0.15) is 11.2 Å². The standard InChI is InChI=1S/C39H22N4OS/c1-3-11-23(12-4-1)37-40-38(24-13-5-2-6-14-24)42-39(41-37)43-29-17-9-7-15-27(29)33-30(43)21-19-25-26-20-22-32-34(36(26)45-35(25)33)28-16-8-10-18-31(28)44-32/h1-22H. The predicted molar refractivity (Wildman–Crippen MR) is 185 cm³/mol. The van der Waals surface area contributed by atoms with Crippen LogP contribution in [0.15, 0.2) is 138 Å². The van der Waals surface area contributed by atoms with Crippen molar-refractivity contribution in [1.82, 2.24) is 19.5 Å². The van der Waals surface area contributed by atoms with Crippen LogP contribution in [0, 0.1) is 0 Å². The highest BCUT2D eigenvalue weighted by molar-refractivity contribution is 7.27. The van der Waals surface area contributed by atoms with E-state index >= 15 is 0 Å². The number of aromatic nitrogens is 4. The zero-order valence-corrected chi connectivity index (χ0v) is 24.6. The van der Waals surface area contributed by atoms with Gasteiger partial charge in [-0.3, -0.25) is 4.57 Å². The lowest BCUT2D eigenvalue weighted by atomic mass is 10.1. The van der Waals surface area contributed by atoms with Crippen LogP contribution in [-0.4, -0.2) is 19.5 Å². The second-order valence-electron chi connectivity index (χ2n) is 11.2. The van der Waals surface area contributed by atoms with Crippen LogP contribution in [0.25, 0.3) is 92.6 Å². The number of nitrogens with zero attached hydrogens (tertiary/aromatic N) is 4. The molecule has 0 bridgehead atoms. The fourth-order valence-corrected chi connectivity index (χ4v) is 8.07. The summed E-state index contributed by atoms with van der Waals surface area (Å²) in [5, 5.41) is 7.18. The van der Waals surface area contributed by atoms with E-state index in [1.54, 1.807) is 0 Å². The molecule has 0 radical (unpaired) electrons. The minimum Gasteiger partial charge on any atom is -0.456 e. The third kappa shape index (κ3) is 3.57. The van der Waals surface area contributed by atoms with E-state index in [-0.39, 0.29) is 0 Å². The van der Waals surface area contributed by atoms with E-state index in [4.69, 9.17) is 19.4 Å². The third-order valence-corrected chi connectivity index (χ3v) is 9.92. The second kappa shape index (κ2) is 9.32. The Morgan fingerprint density at radius 1 is 0.444 bits per heavy atom. The molecule has 4 heterocycles. The molecule has 0 aliphatic carbocycles. The molecule has 0 saturated heterocycles. The average Bonchev–Trinajstić information content (AvgIpc) is 3.78.